The molecule has 1 fully saturated rings. The van der Waals surface area contributed by atoms with Gasteiger partial charge in [0.2, 0.25) is 0 Å². The summed E-state index contributed by atoms with van der Waals surface area (Å²) in [6, 6.07) is 4.24. The molecule has 0 unspecified atom stereocenters. The average Bonchev–Trinajstić information content (AvgIpc) is 2.79. The van der Waals surface area contributed by atoms with Crippen LogP contribution in [0.2, 0.25) is 0 Å². The molecule has 0 bridgehead atoms. The Kier molecular flexibility index (Phi) is 4.46. The van der Waals surface area contributed by atoms with E-state index >= 15 is 0 Å². The summed E-state index contributed by atoms with van der Waals surface area (Å²) >= 11 is 0. The van der Waals surface area contributed by atoms with Crippen LogP contribution in [0.25, 0.3) is 0 Å². The van der Waals surface area contributed by atoms with Crippen LogP contribution in [0.5, 0.6) is 0 Å². The highest BCUT2D eigenvalue weighted by molar-refractivity contribution is 5.14. The number of furan rings is 1. The molecule has 0 N–H and O–H groups in total. The van der Waals surface area contributed by atoms with Crippen molar-refractivity contribution in [3.05, 3.63) is 23.7 Å². The number of morpholine rings is 1. The summed E-state index contributed by atoms with van der Waals surface area (Å²) in [5.41, 5.74) is 0.114. The van der Waals surface area contributed by atoms with E-state index in [2.05, 4.69) is 37.8 Å². The summed E-state index contributed by atoms with van der Waals surface area (Å²) in [4.78, 5) is 2.47. The van der Waals surface area contributed by atoms with E-state index in [1.54, 1.807) is 0 Å². The summed E-state index contributed by atoms with van der Waals surface area (Å²) in [5.74, 6) is 2.21. The molecule has 2 heterocycles. The number of ether oxygens (including phenoxy) is 1. The highest BCUT2D eigenvalue weighted by atomic mass is 16.5. The SMILES string of the molecule is CC(C)(C)c1ccc(CCCN2CCOCC2)o1. The number of aryl methyl sites for hydroxylation is 1. The Labute approximate surface area is 110 Å². The van der Waals surface area contributed by atoms with Crippen LogP contribution in [0.3, 0.4) is 0 Å². The van der Waals surface area contributed by atoms with Crippen molar-refractivity contribution in [2.24, 2.45) is 0 Å². The van der Waals surface area contributed by atoms with Crippen LogP contribution in [-0.4, -0.2) is 37.7 Å². The van der Waals surface area contributed by atoms with Gasteiger partial charge in [0, 0.05) is 24.9 Å². The van der Waals surface area contributed by atoms with Gasteiger partial charge in [-0.1, -0.05) is 20.8 Å². The van der Waals surface area contributed by atoms with Crippen molar-refractivity contribution in [2.45, 2.75) is 39.0 Å². The van der Waals surface area contributed by atoms with Crippen molar-refractivity contribution < 1.29 is 9.15 Å². The molecule has 0 saturated carbocycles. The third-order valence-corrected chi connectivity index (χ3v) is 3.40. The molecule has 1 saturated heterocycles. The molecule has 2 rings (SSSR count). The molecule has 0 radical (unpaired) electrons. The minimum Gasteiger partial charge on any atom is -0.466 e. The van der Waals surface area contributed by atoms with Gasteiger partial charge in [-0.2, -0.15) is 0 Å². The molecular weight excluding hydrogens is 226 g/mol. The maximum absolute atomic E-state index is 5.89. The lowest BCUT2D eigenvalue weighted by molar-refractivity contribution is 0.0373. The van der Waals surface area contributed by atoms with Crippen LogP contribution in [0.1, 0.15) is 38.7 Å². The van der Waals surface area contributed by atoms with E-state index < -0.39 is 0 Å². The Morgan fingerprint density at radius 2 is 1.89 bits per heavy atom. The fraction of sp³-hybridized carbons (Fsp3) is 0.733. The van der Waals surface area contributed by atoms with Crippen LogP contribution < -0.4 is 0 Å². The number of nitrogens with zero attached hydrogens (tertiary/aromatic N) is 1. The van der Waals surface area contributed by atoms with Gasteiger partial charge in [-0.25, -0.2) is 0 Å². The van der Waals surface area contributed by atoms with Crippen molar-refractivity contribution in [2.75, 3.05) is 32.8 Å². The van der Waals surface area contributed by atoms with Crippen LogP contribution in [0.4, 0.5) is 0 Å². The smallest absolute Gasteiger partial charge is 0.109 e. The first kappa shape index (κ1) is 13.6. The van der Waals surface area contributed by atoms with Gasteiger partial charge in [-0.05, 0) is 25.1 Å². The van der Waals surface area contributed by atoms with Crippen LogP contribution in [-0.2, 0) is 16.6 Å². The molecule has 0 aliphatic carbocycles. The van der Waals surface area contributed by atoms with Crippen LogP contribution >= 0.6 is 0 Å². The van der Waals surface area contributed by atoms with E-state index in [9.17, 15) is 0 Å². The summed E-state index contributed by atoms with van der Waals surface area (Å²) in [6.07, 6.45) is 2.20. The standard InChI is InChI=1S/C15H25NO2/c1-15(2,3)14-7-6-13(18-14)5-4-8-16-9-11-17-12-10-16/h6-7H,4-5,8-12H2,1-3H3. The quantitative estimate of drug-likeness (QED) is 0.823. The van der Waals surface area contributed by atoms with Gasteiger partial charge in [-0.15, -0.1) is 0 Å². The lowest BCUT2D eigenvalue weighted by Crippen LogP contribution is -2.36. The molecule has 3 heteroatoms. The maximum Gasteiger partial charge on any atom is 0.109 e. The monoisotopic (exact) mass is 251 g/mol. The molecule has 1 aromatic rings. The van der Waals surface area contributed by atoms with E-state index in [1.165, 1.54) is 0 Å². The molecule has 18 heavy (non-hydrogen) atoms. The maximum atomic E-state index is 5.89. The fourth-order valence-corrected chi connectivity index (χ4v) is 2.22. The van der Waals surface area contributed by atoms with Gasteiger partial charge in [0.25, 0.3) is 0 Å². The first-order valence-corrected chi connectivity index (χ1v) is 6.95. The van der Waals surface area contributed by atoms with Crippen molar-refractivity contribution in [1.82, 2.24) is 4.90 Å². The Balaban J connectivity index is 1.74. The highest BCUT2D eigenvalue weighted by Gasteiger charge is 2.18. The number of rotatable bonds is 4. The number of hydrogen-bond donors (Lipinski definition) is 0. The van der Waals surface area contributed by atoms with Gasteiger partial charge in [0.05, 0.1) is 13.2 Å². The minimum atomic E-state index is 0.114. The van der Waals surface area contributed by atoms with Crippen molar-refractivity contribution in [3.63, 3.8) is 0 Å². The van der Waals surface area contributed by atoms with E-state index in [4.69, 9.17) is 9.15 Å². The molecule has 3 nitrogen and oxygen atoms in total. The second kappa shape index (κ2) is 5.89. The van der Waals surface area contributed by atoms with E-state index in [1.807, 2.05) is 0 Å². The zero-order valence-corrected chi connectivity index (χ0v) is 11.9. The van der Waals surface area contributed by atoms with Crippen molar-refractivity contribution in [1.29, 1.82) is 0 Å². The number of hydrogen-bond acceptors (Lipinski definition) is 3. The topological polar surface area (TPSA) is 25.6 Å². The first-order chi connectivity index (χ1) is 8.55. The molecule has 1 aromatic heterocycles. The molecule has 1 aliphatic rings. The second-order valence-corrected chi connectivity index (χ2v) is 6.07. The Morgan fingerprint density at radius 3 is 2.50 bits per heavy atom. The van der Waals surface area contributed by atoms with E-state index in [0.29, 0.717) is 0 Å². The normalized spacial score (nSPS) is 18.2. The summed E-state index contributed by atoms with van der Waals surface area (Å²) < 4.78 is 11.2. The zero-order valence-electron chi connectivity index (χ0n) is 11.9. The highest BCUT2D eigenvalue weighted by Crippen LogP contribution is 2.24. The first-order valence-electron chi connectivity index (χ1n) is 6.95. The molecule has 1 aliphatic heterocycles. The Hall–Kier alpha value is -0.800. The second-order valence-electron chi connectivity index (χ2n) is 6.07. The molecule has 0 amide bonds. The predicted octanol–water partition coefficient (Wildman–Crippen LogP) is 2.84. The van der Waals surface area contributed by atoms with Crippen molar-refractivity contribution in [3.8, 4) is 0 Å². The zero-order chi connectivity index (χ0) is 13.0. The summed E-state index contributed by atoms with van der Waals surface area (Å²) in [5, 5.41) is 0. The Bertz CT molecular complexity index is 359. The van der Waals surface area contributed by atoms with Gasteiger partial charge >= 0.3 is 0 Å². The van der Waals surface area contributed by atoms with Crippen LogP contribution in [0.15, 0.2) is 16.5 Å². The lowest BCUT2D eigenvalue weighted by Gasteiger charge is -2.26. The van der Waals surface area contributed by atoms with Gasteiger partial charge < -0.3 is 9.15 Å². The summed E-state index contributed by atoms with van der Waals surface area (Å²) in [6.45, 7) is 11.6. The summed E-state index contributed by atoms with van der Waals surface area (Å²) in [7, 11) is 0. The molecule has 0 spiro atoms. The average molecular weight is 251 g/mol. The fourth-order valence-electron chi connectivity index (χ4n) is 2.22. The lowest BCUT2D eigenvalue weighted by atomic mass is 9.94. The minimum absolute atomic E-state index is 0.114. The predicted molar refractivity (Wildman–Crippen MR) is 73.0 cm³/mol. The molecule has 0 aromatic carbocycles. The molecule has 0 atom stereocenters. The van der Waals surface area contributed by atoms with Gasteiger partial charge in [-0.3, -0.25) is 4.90 Å². The largest absolute Gasteiger partial charge is 0.466 e. The van der Waals surface area contributed by atoms with Crippen LogP contribution in [0, 0.1) is 0 Å². The third-order valence-electron chi connectivity index (χ3n) is 3.40. The Morgan fingerprint density at radius 1 is 1.17 bits per heavy atom. The van der Waals surface area contributed by atoms with Crippen molar-refractivity contribution >= 4 is 0 Å². The van der Waals surface area contributed by atoms with E-state index in [0.717, 1.165) is 57.2 Å². The molecular formula is C15H25NO2. The van der Waals surface area contributed by atoms with Gasteiger partial charge in [0.15, 0.2) is 0 Å². The van der Waals surface area contributed by atoms with E-state index in [-0.39, 0.29) is 5.41 Å². The third kappa shape index (κ3) is 3.85. The van der Waals surface area contributed by atoms with Gasteiger partial charge in [0.1, 0.15) is 11.5 Å². The molecule has 102 valence electrons.